The number of hydrogen-bond donors (Lipinski definition) is 2. The van der Waals surface area contributed by atoms with Gasteiger partial charge in [-0.1, -0.05) is 13.8 Å². The molecule has 1 saturated heterocycles. The van der Waals surface area contributed by atoms with Crippen LogP contribution in [-0.2, 0) is 4.79 Å². The summed E-state index contributed by atoms with van der Waals surface area (Å²) in [5.74, 6) is -0.0633. The van der Waals surface area contributed by atoms with Crippen LogP contribution in [0.1, 0.15) is 37.0 Å². The third-order valence-electron chi connectivity index (χ3n) is 3.75. The van der Waals surface area contributed by atoms with Crippen LogP contribution in [0.5, 0.6) is 0 Å². The minimum absolute atomic E-state index is 0. The molecule has 0 unspecified atom stereocenters. The van der Waals surface area contributed by atoms with Crippen LogP contribution in [0.2, 0.25) is 0 Å². The monoisotopic (exact) mass is 325 g/mol. The molecule has 2 rings (SSSR count). The van der Waals surface area contributed by atoms with Gasteiger partial charge in [-0.2, -0.15) is 0 Å². The van der Waals surface area contributed by atoms with Crippen LogP contribution < -0.4 is 11.1 Å². The molecule has 1 aromatic carbocycles. The Balaban J connectivity index is 0.00000242. The van der Waals surface area contributed by atoms with E-state index in [9.17, 15) is 9.59 Å². The minimum atomic E-state index is -0.0659. The molecule has 122 valence electrons. The van der Waals surface area contributed by atoms with Gasteiger partial charge in [0.1, 0.15) is 0 Å². The lowest BCUT2D eigenvalue weighted by molar-refractivity contribution is -0.118. The van der Waals surface area contributed by atoms with Crippen molar-refractivity contribution in [2.75, 3.05) is 18.4 Å². The lowest BCUT2D eigenvalue weighted by atomic mass is 10.0. The zero-order valence-electron chi connectivity index (χ0n) is 13.0. The lowest BCUT2D eigenvalue weighted by Crippen LogP contribution is -2.42. The van der Waals surface area contributed by atoms with E-state index in [1.54, 1.807) is 24.3 Å². The average molecular weight is 326 g/mol. The third kappa shape index (κ3) is 4.71. The Morgan fingerprint density at radius 2 is 1.73 bits per heavy atom. The van der Waals surface area contributed by atoms with Crippen molar-refractivity contribution < 1.29 is 9.59 Å². The predicted octanol–water partition coefficient (Wildman–Crippen LogP) is 2.27. The van der Waals surface area contributed by atoms with E-state index in [1.165, 1.54) is 0 Å². The first-order valence-electron chi connectivity index (χ1n) is 7.43. The maximum absolute atomic E-state index is 12.3. The summed E-state index contributed by atoms with van der Waals surface area (Å²) >= 11 is 0. The van der Waals surface area contributed by atoms with Crippen molar-refractivity contribution >= 4 is 29.9 Å². The summed E-state index contributed by atoms with van der Waals surface area (Å²) in [5, 5.41) is 2.81. The number of likely N-dealkylation sites (tertiary alicyclic amines) is 1. The molecule has 0 radical (unpaired) electrons. The van der Waals surface area contributed by atoms with E-state index in [1.807, 2.05) is 18.7 Å². The summed E-state index contributed by atoms with van der Waals surface area (Å²) in [7, 11) is 0. The number of halogens is 1. The third-order valence-corrected chi connectivity index (χ3v) is 3.75. The molecule has 1 fully saturated rings. The Hall–Kier alpha value is -1.59. The number of amides is 2. The van der Waals surface area contributed by atoms with Crippen molar-refractivity contribution in [1.82, 2.24) is 4.90 Å². The van der Waals surface area contributed by atoms with Gasteiger partial charge in [-0.05, 0) is 37.1 Å². The van der Waals surface area contributed by atoms with Crippen LogP contribution in [0, 0.1) is 5.92 Å². The van der Waals surface area contributed by atoms with E-state index in [2.05, 4.69) is 5.32 Å². The topological polar surface area (TPSA) is 75.4 Å². The second-order valence-electron chi connectivity index (χ2n) is 5.85. The van der Waals surface area contributed by atoms with Crippen LogP contribution in [0.25, 0.3) is 0 Å². The van der Waals surface area contributed by atoms with Gasteiger partial charge in [0.2, 0.25) is 5.91 Å². The van der Waals surface area contributed by atoms with Gasteiger partial charge in [-0.15, -0.1) is 12.4 Å². The molecule has 1 aliphatic heterocycles. The highest BCUT2D eigenvalue weighted by Crippen LogP contribution is 2.15. The quantitative estimate of drug-likeness (QED) is 0.895. The van der Waals surface area contributed by atoms with Gasteiger partial charge in [-0.3, -0.25) is 9.59 Å². The molecule has 1 heterocycles. The fourth-order valence-electron chi connectivity index (χ4n) is 2.27. The van der Waals surface area contributed by atoms with Gasteiger partial charge < -0.3 is 16.0 Å². The standard InChI is InChI=1S/C16H23N3O2.ClH/c1-11(2)15(20)18-14-5-3-12(4-6-14)16(21)19-9-7-13(17)8-10-19;/h3-6,11,13H,7-10,17H2,1-2H3,(H,18,20);1H. The Kier molecular flexibility index (Phi) is 6.84. The maximum atomic E-state index is 12.3. The highest BCUT2D eigenvalue weighted by molar-refractivity contribution is 5.96. The van der Waals surface area contributed by atoms with Gasteiger partial charge in [0.05, 0.1) is 0 Å². The molecule has 3 N–H and O–H groups in total. The number of hydrogen-bond acceptors (Lipinski definition) is 3. The normalized spacial score (nSPS) is 15.4. The van der Waals surface area contributed by atoms with Crippen LogP contribution in [0.15, 0.2) is 24.3 Å². The molecule has 0 aromatic heterocycles. The smallest absolute Gasteiger partial charge is 0.253 e. The number of piperidine rings is 1. The Labute approximate surface area is 137 Å². The Morgan fingerprint density at radius 3 is 2.23 bits per heavy atom. The summed E-state index contributed by atoms with van der Waals surface area (Å²) in [6, 6.07) is 7.26. The van der Waals surface area contributed by atoms with Crippen molar-refractivity contribution in [3.8, 4) is 0 Å². The van der Waals surface area contributed by atoms with Crippen molar-refractivity contribution in [3.05, 3.63) is 29.8 Å². The largest absolute Gasteiger partial charge is 0.339 e. The molecule has 2 amide bonds. The highest BCUT2D eigenvalue weighted by atomic mass is 35.5. The van der Waals surface area contributed by atoms with Gasteiger partial charge in [-0.25, -0.2) is 0 Å². The number of rotatable bonds is 3. The maximum Gasteiger partial charge on any atom is 0.253 e. The number of nitrogens with zero attached hydrogens (tertiary/aromatic N) is 1. The number of anilines is 1. The van der Waals surface area contributed by atoms with Gasteiger partial charge in [0.25, 0.3) is 5.91 Å². The van der Waals surface area contributed by atoms with E-state index in [0.717, 1.165) is 12.8 Å². The number of benzene rings is 1. The molecule has 0 spiro atoms. The number of carbonyl (C=O) groups excluding carboxylic acids is 2. The fourth-order valence-corrected chi connectivity index (χ4v) is 2.27. The summed E-state index contributed by atoms with van der Waals surface area (Å²) in [6.45, 7) is 5.11. The highest BCUT2D eigenvalue weighted by Gasteiger charge is 2.21. The predicted molar refractivity (Wildman–Crippen MR) is 90.3 cm³/mol. The molecule has 1 aliphatic rings. The Bertz CT molecular complexity index is 509. The number of nitrogens with two attached hydrogens (primary N) is 1. The molecule has 0 saturated carbocycles. The minimum Gasteiger partial charge on any atom is -0.339 e. The lowest BCUT2D eigenvalue weighted by Gasteiger charge is -2.30. The first kappa shape index (κ1) is 18.5. The van der Waals surface area contributed by atoms with Crippen LogP contribution in [-0.4, -0.2) is 35.8 Å². The molecule has 0 bridgehead atoms. The summed E-state index contributed by atoms with van der Waals surface area (Å²) < 4.78 is 0. The Morgan fingerprint density at radius 1 is 1.18 bits per heavy atom. The zero-order valence-corrected chi connectivity index (χ0v) is 13.9. The van der Waals surface area contributed by atoms with Crippen molar-refractivity contribution in [1.29, 1.82) is 0 Å². The molecule has 0 atom stereocenters. The molecule has 1 aromatic rings. The van der Waals surface area contributed by atoms with E-state index >= 15 is 0 Å². The van der Waals surface area contributed by atoms with Crippen molar-refractivity contribution in [3.63, 3.8) is 0 Å². The summed E-state index contributed by atoms with van der Waals surface area (Å²) in [6.07, 6.45) is 1.71. The van der Waals surface area contributed by atoms with Crippen molar-refractivity contribution in [2.24, 2.45) is 11.7 Å². The van der Waals surface area contributed by atoms with Gasteiger partial charge in [0.15, 0.2) is 0 Å². The number of carbonyl (C=O) groups is 2. The summed E-state index contributed by atoms with van der Waals surface area (Å²) in [4.78, 5) is 25.8. The second kappa shape index (κ2) is 8.15. The molecular formula is C16H24ClN3O2. The van der Waals surface area contributed by atoms with Crippen molar-refractivity contribution in [2.45, 2.75) is 32.7 Å². The fraction of sp³-hybridized carbons (Fsp3) is 0.500. The van der Waals surface area contributed by atoms with Gasteiger partial charge in [0, 0.05) is 36.3 Å². The van der Waals surface area contributed by atoms with E-state index in [-0.39, 0.29) is 36.2 Å². The molecular weight excluding hydrogens is 302 g/mol. The second-order valence-corrected chi connectivity index (χ2v) is 5.85. The average Bonchev–Trinajstić information content (AvgIpc) is 2.48. The van der Waals surface area contributed by atoms with Crippen LogP contribution >= 0.6 is 12.4 Å². The first-order valence-corrected chi connectivity index (χ1v) is 7.43. The van der Waals surface area contributed by atoms with Gasteiger partial charge >= 0.3 is 0 Å². The van der Waals surface area contributed by atoms with E-state index < -0.39 is 0 Å². The first-order chi connectivity index (χ1) is 9.97. The molecule has 5 nitrogen and oxygen atoms in total. The van der Waals surface area contributed by atoms with Crippen LogP contribution in [0.3, 0.4) is 0 Å². The molecule has 0 aliphatic carbocycles. The van der Waals surface area contributed by atoms with E-state index in [4.69, 9.17) is 5.73 Å². The number of nitrogens with one attached hydrogen (secondary N) is 1. The zero-order chi connectivity index (χ0) is 15.4. The van der Waals surface area contributed by atoms with E-state index in [0.29, 0.717) is 24.3 Å². The molecule has 6 heteroatoms. The van der Waals surface area contributed by atoms with Crippen LogP contribution in [0.4, 0.5) is 5.69 Å². The summed E-state index contributed by atoms with van der Waals surface area (Å²) in [5.41, 5.74) is 7.21. The molecule has 22 heavy (non-hydrogen) atoms. The SMILES string of the molecule is CC(C)C(=O)Nc1ccc(C(=O)N2CCC(N)CC2)cc1.Cl.